The van der Waals surface area contributed by atoms with Gasteiger partial charge in [0, 0.05) is 18.2 Å². The molecule has 4 nitrogen and oxygen atoms in total. The van der Waals surface area contributed by atoms with Crippen molar-refractivity contribution in [2.45, 2.75) is 59.8 Å². The van der Waals surface area contributed by atoms with Gasteiger partial charge in [0.1, 0.15) is 0 Å². The van der Waals surface area contributed by atoms with Crippen molar-refractivity contribution < 1.29 is 5.11 Å². The lowest BCUT2D eigenvalue weighted by Crippen LogP contribution is -2.21. The Morgan fingerprint density at radius 1 is 0.963 bits per heavy atom. The summed E-state index contributed by atoms with van der Waals surface area (Å²) in [6.45, 7) is 3.61. The Hall–Kier alpha value is -1.20. The third-order valence-corrected chi connectivity index (χ3v) is 4.24. The molecule has 1 aromatic carbocycles. The second-order valence-electron chi connectivity index (χ2n) is 6.05. The quantitative estimate of drug-likeness (QED) is 0.589. The van der Waals surface area contributed by atoms with Crippen LogP contribution in [0.25, 0.3) is 10.9 Å². The van der Waals surface area contributed by atoms with E-state index in [1.807, 2.05) is 24.3 Å². The highest BCUT2D eigenvalue weighted by Crippen LogP contribution is 2.19. The van der Waals surface area contributed by atoms with E-state index in [-0.39, 0.29) is 14.9 Å². The molecule has 3 rings (SSSR count). The lowest BCUT2D eigenvalue weighted by molar-refractivity contribution is 0.282. The smallest absolute Gasteiger partial charge is 0.0716 e. The highest BCUT2D eigenvalue weighted by Gasteiger charge is 1.95. The van der Waals surface area contributed by atoms with Crippen LogP contribution in [0.1, 0.15) is 59.8 Å². The van der Waals surface area contributed by atoms with Crippen molar-refractivity contribution in [2.75, 3.05) is 26.2 Å². The third-order valence-electron chi connectivity index (χ3n) is 3.92. The lowest BCUT2D eigenvalue weighted by Gasteiger charge is -2.08. The topological polar surface area (TPSA) is 71.2 Å². The van der Waals surface area contributed by atoms with Crippen LogP contribution in [0.3, 0.4) is 0 Å². The van der Waals surface area contributed by atoms with E-state index in [9.17, 15) is 0 Å². The fourth-order valence-corrected chi connectivity index (χ4v) is 2.69. The normalized spacial score (nSPS) is 12.4. The number of para-hydroxylation sites is 1. The largest absolute Gasteiger partial charge is 0.396 e. The first kappa shape index (κ1) is 28.0. The van der Waals surface area contributed by atoms with E-state index in [0.29, 0.717) is 6.61 Å². The summed E-state index contributed by atoms with van der Waals surface area (Å²) in [5, 5.41) is 13.4. The summed E-state index contributed by atoms with van der Waals surface area (Å²) < 4.78 is 0. The molecule has 1 aliphatic rings. The molecule has 0 radical (unpaired) electrons. The minimum atomic E-state index is 0. The molecule has 156 valence electrons. The second kappa shape index (κ2) is 19.6. The average Bonchev–Trinajstić information content (AvgIpc) is 2.68. The van der Waals surface area contributed by atoms with Crippen LogP contribution in [0.5, 0.6) is 0 Å². The Kier molecular flexibility index (Phi) is 20.3. The molecule has 0 amide bonds. The number of pyridine rings is 1. The maximum absolute atomic E-state index is 8.33. The zero-order chi connectivity index (χ0) is 18.2. The van der Waals surface area contributed by atoms with Crippen molar-refractivity contribution in [3.05, 3.63) is 41.6 Å². The molecule has 0 unspecified atom stereocenters. The van der Waals surface area contributed by atoms with E-state index >= 15 is 0 Å². The van der Waals surface area contributed by atoms with Crippen molar-refractivity contribution in [1.29, 1.82) is 0 Å². The van der Waals surface area contributed by atoms with Gasteiger partial charge in [0.2, 0.25) is 0 Å². The van der Waals surface area contributed by atoms with Crippen LogP contribution in [-0.2, 0) is 0 Å². The molecule has 0 atom stereocenters. The van der Waals surface area contributed by atoms with Gasteiger partial charge in [0.25, 0.3) is 0 Å². The summed E-state index contributed by atoms with van der Waals surface area (Å²) in [7, 11) is 0. The van der Waals surface area contributed by atoms with Crippen LogP contribution in [0, 0.1) is 0 Å². The number of benzene rings is 1. The van der Waals surface area contributed by atoms with Gasteiger partial charge in [-0.25, -0.2) is 0 Å². The molecule has 1 aromatic heterocycles. The number of halogens is 1. The van der Waals surface area contributed by atoms with Gasteiger partial charge in [-0.15, -0.1) is 0 Å². The second-order valence-corrected chi connectivity index (χ2v) is 6.45. The number of aliphatic hydroxyl groups excluding tert-OH is 1. The Balaban J connectivity index is 0. The lowest BCUT2D eigenvalue weighted by atomic mass is 10.2. The highest BCUT2D eigenvalue weighted by atomic mass is 35.5. The van der Waals surface area contributed by atoms with Gasteiger partial charge in [0.05, 0.1) is 10.5 Å². The number of hydrogen-bond donors (Lipinski definition) is 3. The third kappa shape index (κ3) is 13.6. The van der Waals surface area contributed by atoms with Gasteiger partial charge in [-0.05, 0) is 57.5 Å². The first-order valence-corrected chi connectivity index (χ1v) is 9.68. The molecule has 0 aliphatic carbocycles. The average molecular weight is 398 g/mol. The number of fused-ring (bicyclic) bond motifs is 1. The molecule has 5 heteroatoms. The number of rotatable bonds is 5. The molecule has 1 saturated heterocycles. The van der Waals surface area contributed by atoms with Gasteiger partial charge in [-0.3, -0.25) is 4.98 Å². The van der Waals surface area contributed by atoms with Crippen LogP contribution in [0.15, 0.2) is 36.5 Å². The molecule has 0 spiro atoms. The molecule has 0 bridgehead atoms. The maximum atomic E-state index is 8.33. The van der Waals surface area contributed by atoms with Crippen LogP contribution in [0.4, 0.5) is 0 Å². The Labute approximate surface area is 171 Å². The highest BCUT2D eigenvalue weighted by molar-refractivity contribution is 6.35. The van der Waals surface area contributed by atoms with E-state index in [0.717, 1.165) is 48.2 Å². The van der Waals surface area contributed by atoms with Gasteiger partial charge < -0.3 is 16.2 Å². The van der Waals surface area contributed by atoms with E-state index in [2.05, 4.69) is 10.3 Å². The summed E-state index contributed by atoms with van der Waals surface area (Å²) in [4.78, 5) is 4.16. The van der Waals surface area contributed by atoms with Gasteiger partial charge in [-0.1, -0.05) is 63.9 Å². The number of aliphatic hydroxyl groups is 1. The van der Waals surface area contributed by atoms with Crippen molar-refractivity contribution in [3.63, 3.8) is 0 Å². The molecular weight excluding hydrogens is 358 g/mol. The summed E-state index contributed by atoms with van der Waals surface area (Å²) in [5.74, 6) is 0. The minimum Gasteiger partial charge on any atom is -0.396 e. The van der Waals surface area contributed by atoms with Gasteiger partial charge in [0.15, 0.2) is 0 Å². The number of hydrogen-bond acceptors (Lipinski definition) is 4. The Bertz CT molecular complexity index is 539. The van der Waals surface area contributed by atoms with Crippen LogP contribution < -0.4 is 11.1 Å². The van der Waals surface area contributed by atoms with E-state index in [4.69, 9.17) is 22.4 Å². The number of nitrogens with one attached hydrogen (secondary N) is 1. The fraction of sp³-hybridized carbons (Fsp3) is 0.591. The van der Waals surface area contributed by atoms with Crippen molar-refractivity contribution in [2.24, 2.45) is 5.73 Å². The molecule has 2 heterocycles. The fourth-order valence-electron chi connectivity index (χ4n) is 2.47. The molecule has 2 aromatic rings. The first-order chi connectivity index (χ1) is 12.3. The number of nitrogens with two attached hydrogens (primary N) is 1. The Morgan fingerprint density at radius 2 is 1.63 bits per heavy atom. The van der Waals surface area contributed by atoms with Crippen LogP contribution >= 0.6 is 11.6 Å². The van der Waals surface area contributed by atoms with E-state index in [1.54, 1.807) is 12.3 Å². The summed E-state index contributed by atoms with van der Waals surface area (Å²) in [6.07, 6.45) is 10.2. The molecule has 1 aliphatic heterocycles. The maximum Gasteiger partial charge on any atom is 0.0716 e. The predicted octanol–water partition coefficient (Wildman–Crippen LogP) is 5.42. The van der Waals surface area contributed by atoms with Crippen LogP contribution in [-0.4, -0.2) is 36.3 Å². The molecule has 4 N–H and O–H groups in total. The molecule has 0 saturated carbocycles. The monoisotopic (exact) mass is 397 g/mol. The number of aromatic nitrogens is 1. The number of unbranched alkanes of at least 4 members (excludes halogenated alkanes) is 3. The van der Waals surface area contributed by atoms with Crippen molar-refractivity contribution in [3.8, 4) is 0 Å². The van der Waals surface area contributed by atoms with Gasteiger partial charge in [-0.2, -0.15) is 0 Å². The molecular formula is C22H40ClN3O. The zero-order valence-corrected chi connectivity index (χ0v) is 15.8. The summed E-state index contributed by atoms with van der Waals surface area (Å²) in [5.41, 5.74) is 6.19. The van der Waals surface area contributed by atoms with Crippen molar-refractivity contribution in [1.82, 2.24) is 10.3 Å². The summed E-state index contributed by atoms with van der Waals surface area (Å²) in [6, 6.07) is 9.61. The Morgan fingerprint density at radius 3 is 2.15 bits per heavy atom. The standard InChI is InChI=1S/C9H6ClN.C6H15NO.C5H11N.2CH4/c10-8-5-6-11-9-4-2-1-3-7(8)9;7-5-3-1-2-4-6-8;1-2-4-6-5-3-1;;/h1-6H;8H,1-7H2;6H,1-5H2;2*1H4. The minimum absolute atomic E-state index is 0. The SMILES string of the molecule is C.C.C1CCNCC1.Clc1ccnc2ccccc12.NCCCCCCO. The predicted molar refractivity (Wildman–Crippen MR) is 122 cm³/mol. The number of piperidine rings is 1. The van der Waals surface area contributed by atoms with Crippen molar-refractivity contribution >= 4 is 22.5 Å². The van der Waals surface area contributed by atoms with Crippen LogP contribution in [0.2, 0.25) is 5.02 Å². The molecule has 27 heavy (non-hydrogen) atoms. The number of nitrogens with zero attached hydrogens (tertiary/aromatic N) is 1. The van der Waals surface area contributed by atoms with E-state index < -0.39 is 0 Å². The van der Waals surface area contributed by atoms with E-state index in [1.165, 1.54) is 32.4 Å². The van der Waals surface area contributed by atoms with Gasteiger partial charge >= 0.3 is 0 Å². The zero-order valence-electron chi connectivity index (χ0n) is 15.1. The first-order valence-electron chi connectivity index (χ1n) is 9.30. The summed E-state index contributed by atoms with van der Waals surface area (Å²) >= 11 is 5.92. The molecule has 1 fully saturated rings.